The number of hydrogen-bond acceptors (Lipinski definition) is 3. The van der Waals surface area contributed by atoms with E-state index in [-0.39, 0.29) is 43.0 Å². The van der Waals surface area contributed by atoms with Crippen molar-refractivity contribution in [1.82, 2.24) is 0 Å². The third-order valence-electron chi connectivity index (χ3n) is 0. The molecule has 0 saturated heterocycles. The zero-order chi connectivity index (χ0) is 4.50. The van der Waals surface area contributed by atoms with Gasteiger partial charge in [-0.2, -0.15) is 0 Å². The van der Waals surface area contributed by atoms with Crippen LogP contribution < -0.4 is 9.79 Å². The molecule has 0 fully saturated rings. The van der Waals surface area contributed by atoms with E-state index in [1.165, 1.54) is 0 Å². The Kier molecular flexibility index (Phi) is 75.0. The van der Waals surface area contributed by atoms with E-state index in [1.54, 1.807) is 0 Å². The summed E-state index contributed by atoms with van der Waals surface area (Å²) in [6, 6.07) is 0. The second-order valence-electron chi connectivity index (χ2n) is 0.469. The largest absolute Gasteiger partial charge is 2.00 e. The van der Waals surface area contributed by atoms with Gasteiger partial charge in [-0.15, -0.1) is 0 Å². The van der Waals surface area contributed by atoms with Crippen molar-refractivity contribution in [3.8, 4) is 0 Å². The van der Waals surface area contributed by atoms with Crippen molar-refractivity contribution in [2.45, 2.75) is 0 Å². The predicted molar refractivity (Wildman–Crippen MR) is 24.3 cm³/mol. The molecular formula is H9MoO8P. The van der Waals surface area contributed by atoms with Crippen LogP contribution in [-0.2, 0) is 25.6 Å². The third-order valence-corrected chi connectivity index (χ3v) is 0. The maximum Gasteiger partial charge on any atom is 2.00 e. The molecule has 0 aliphatic rings. The van der Waals surface area contributed by atoms with Gasteiger partial charge in [0, 0.05) is 0 Å². The van der Waals surface area contributed by atoms with Gasteiger partial charge in [-0.05, 0) is 0 Å². The fraction of sp³-hybridized carbons (Fsp3) is 0. The van der Waals surface area contributed by atoms with Crippen LogP contribution in [0.5, 0.6) is 0 Å². The van der Waals surface area contributed by atoms with E-state index in [9.17, 15) is 0 Å². The Balaban J connectivity index is -0.00000000800. The average Bonchev–Trinajstić information content (AvgIpc) is 0.722. The minimum atomic E-state index is -5.14. The third kappa shape index (κ3) is 1240. The van der Waals surface area contributed by atoms with E-state index in [0.29, 0.717) is 0 Å². The molecule has 0 radical (unpaired) electrons. The first-order valence-electron chi connectivity index (χ1n) is 0.748. The van der Waals surface area contributed by atoms with Gasteiger partial charge in [-0.1, -0.05) is 0 Å². The molecule has 0 aromatic heterocycles. The molecule has 0 aromatic carbocycles. The average molecular weight is 264 g/mol. The van der Waals surface area contributed by atoms with Crippen LogP contribution in [-0.4, -0.2) is 26.8 Å². The number of phosphoric acid groups is 1. The molecule has 0 rings (SSSR count). The Morgan fingerprint density at radius 1 is 1.00 bits per heavy atom. The van der Waals surface area contributed by atoms with E-state index in [1.807, 2.05) is 0 Å². The molecule has 8 nitrogen and oxygen atoms in total. The molecule has 0 bridgehead atoms. The molecule has 0 heterocycles. The van der Waals surface area contributed by atoms with Gasteiger partial charge in [0.25, 0.3) is 0 Å². The molecular weight excluding hydrogens is 255 g/mol. The standard InChI is InChI=1S/Mo.H3O4P.4H2O/c;1-5(2,3)4;;;;/h;(H3,1,2,3,4);4*1H2/q+2;;;;;/p-2. The Labute approximate surface area is 70.6 Å². The van der Waals surface area contributed by atoms with E-state index >= 15 is 0 Å². The van der Waals surface area contributed by atoms with Crippen molar-refractivity contribution >= 4 is 7.82 Å². The minimum Gasteiger partial charge on any atom is -0.790 e. The first-order chi connectivity index (χ1) is 2.00. The summed E-state index contributed by atoms with van der Waals surface area (Å²) in [6.07, 6.45) is 0. The van der Waals surface area contributed by atoms with Crippen LogP contribution >= 0.6 is 7.82 Å². The summed E-state index contributed by atoms with van der Waals surface area (Å²) in [5, 5.41) is 0. The summed E-state index contributed by atoms with van der Waals surface area (Å²) in [7, 11) is -5.14. The second-order valence-corrected chi connectivity index (χ2v) is 1.41. The number of hydrogen-bond donors (Lipinski definition) is 1. The number of rotatable bonds is 0. The summed E-state index contributed by atoms with van der Waals surface area (Å²) >= 11 is 0. The normalized spacial score (nSPS) is 5.90. The molecule has 0 unspecified atom stereocenters. The van der Waals surface area contributed by atoms with Crippen LogP contribution in [0.4, 0.5) is 0 Å². The van der Waals surface area contributed by atoms with Crippen LogP contribution in [0.25, 0.3) is 0 Å². The Morgan fingerprint density at radius 2 is 1.00 bits per heavy atom. The first kappa shape index (κ1) is 45.9. The second kappa shape index (κ2) is 16.3. The molecule has 0 spiro atoms. The molecule has 0 aromatic rings. The molecule has 0 aliphatic carbocycles. The quantitative estimate of drug-likeness (QED) is 0.334. The minimum absolute atomic E-state index is 0. The van der Waals surface area contributed by atoms with Crippen molar-refractivity contribution in [2.24, 2.45) is 0 Å². The molecule has 68 valence electrons. The summed E-state index contributed by atoms with van der Waals surface area (Å²) < 4.78 is 8.66. The maximum absolute atomic E-state index is 8.66. The predicted octanol–water partition coefficient (Wildman–Crippen LogP) is -5.49. The van der Waals surface area contributed by atoms with Crippen LogP contribution in [0.15, 0.2) is 0 Å². The Hall–Kier alpha value is 0.638. The van der Waals surface area contributed by atoms with Gasteiger partial charge in [0.15, 0.2) is 0 Å². The van der Waals surface area contributed by atoms with Crippen LogP contribution in [0.1, 0.15) is 0 Å². The van der Waals surface area contributed by atoms with Gasteiger partial charge in [0.1, 0.15) is 0 Å². The molecule has 0 atom stereocenters. The molecule has 10 heavy (non-hydrogen) atoms. The molecule has 10 heteroatoms. The maximum atomic E-state index is 8.66. The van der Waals surface area contributed by atoms with E-state index in [2.05, 4.69) is 0 Å². The smallest absolute Gasteiger partial charge is 0.790 e. The topological polar surface area (TPSA) is 209 Å². The SMILES string of the molecule is O.O.O.O.O=P([O-])([O-])O.[Mo+2]. The summed E-state index contributed by atoms with van der Waals surface area (Å²) in [5.41, 5.74) is 0. The fourth-order valence-corrected chi connectivity index (χ4v) is 0. The van der Waals surface area contributed by atoms with Crippen LogP contribution in [0.3, 0.4) is 0 Å². The molecule has 9 N–H and O–H groups in total. The molecule has 0 aliphatic heterocycles. The van der Waals surface area contributed by atoms with Crippen molar-refractivity contribution in [3.63, 3.8) is 0 Å². The van der Waals surface area contributed by atoms with Crippen LogP contribution in [0, 0.1) is 0 Å². The van der Waals surface area contributed by atoms with Gasteiger partial charge in [0.2, 0.25) is 0 Å². The zero-order valence-corrected chi connectivity index (χ0v) is 7.43. The van der Waals surface area contributed by atoms with Crippen LogP contribution in [0.2, 0.25) is 0 Å². The fourth-order valence-electron chi connectivity index (χ4n) is 0. The van der Waals surface area contributed by atoms with Crippen molar-refractivity contribution in [1.29, 1.82) is 0 Å². The molecule has 0 saturated carbocycles. The van der Waals surface area contributed by atoms with Crippen molar-refractivity contribution in [2.75, 3.05) is 0 Å². The van der Waals surface area contributed by atoms with Crippen molar-refractivity contribution < 1.29 is 62.2 Å². The van der Waals surface area contributed by atoms with Gasteiger partial charge in [-0.25, -0.2) is 0 Å². The van der Waals surface area contributed by atoms with E-state index in [0.717, 1.165) is 0 Å². The van der Waals surface area contributed by atoms with Gasteiger partial charge in [-0.3, -0.25) is 0 Å². The van der Waals surface area contributed by atoms with Gasteiger partial charge in [0.05, 0.1) is 7.82 Å². The zero-order valence-electron chi connectivity index (χ0n) is 4.53. The first-order valence-corrected chi connectivity index (χ1v) is 2.24. The van der Waals surface area contributed by atoms with Gasteiger partial charge >= 0.3 is 21.1 Å². The van der Waals surface area contributed by atoms with Gasteiger partial charge < -0.3 is 41.2 Å². The molecule has 0 amide bonds. The van der Waals surface area contributed by atoms with E-state index < -0.39 is 7.82 Å². The Morgan fingerprint density at radius 3 is 1.00 bits per heavy atom. The monoisotopic (exact) mass is 266 g/mol. The van der Waals surface area contributed by atoms with E-state index in [4.69, 9.17) is 19.2 Å². The summed E-state index contributed by atoms with van der Waals surface area (Å²) in [4.78, 5) is 24.3. The Bertz CT molecular complexity index is 55.4. The van der Waals surface area contributed by atoms with Crippen molar-refractivity contribution in [3.05, 3.63) is 0 Å². The summed E-state index contributed by atoms with van der Waals surface area (Å²) in [5.74, 6) is 0. The summed E-state index contributed by atoms with van der Waals surface area (Å²) in [6.45, 7) is 0.